The number of ether oxygens (including phenoxy) is 1. The molecule has 0 unspecified atom stereocenters. The molecule has 0 spiro atoms. The Hall–Kier alpha value is -1.23. The number of fused-ring (bicyclic) bond motifs is 2. The topological polar surface area (TPSA) is 56.5 Å². The minimum Gasteiger partial charge on any atom is -0.463 e. The summed E-state index contributed by atoms with van der Waals surface area (Å²) >= 11 is 1.61. The lowest BCUT2D eigenvalue weighted by atomic mass is 9.64. The Morgan fingerprint density at radius 3 is 2.13 bits per heavy atom. The van der Waals surface area contributed by atoms with Crippen molar-refractivity contribution in [1.29, 1.82) is 0 Å². The number of thioether (sulfide) groups is 1. The Labute approximate surface area is 89.0 Å². The molecule has 2 saturated heterocycles. The van der Waals surface area contributed by atoms with Gasteiger partial charge in [-0.05, 0) is 12.1 Å². The van der Waals surface area contributed by atoms with Crippen LogP contribution in [0.25, 0.3) is 0 Å². The smallest absolute Gasteiger partial charge is 0.330 e. The van der Waals surface area contributed by atoms with E-state index in [1.165, 1.54) is 0 Å². The first-order valence-corrected chi connectivity index (χ1v) is 5.82. The first-order chi connectivity index (χ1) is 7.22. The van der Waals surface area contributed by atoms with Crippen molar-refractivity contribution in [3.05, 3.63) is 23.7 Å². The van der Waals surface area contributed by atoms with Crippen molar-refractivity contribution in [1.82, 2.24) is 0 Å². The van der Waals surface area contributed by atoms with Crippen molar-refractivity contribution in [3.63, 3.8) is 0 Å². The quantitative estimate of drug-likeness (QED) is 0.475. The molecule has 0 aliphatic carbocycles. The van der Waals surface area contributed by atoms with E-state index < -0.39 is 22.8 Å². The number of hydrogen-bond acceptors (Lipinski definition) is 5. The van der Waals surface area contributed by atoms with Crippen molar-refractivity contribution < 1.29 is 18.7 Å². The maximum atomic E-state index is 11.8. The van der Waals surface area contributed by atoms with E-state index in [1.807, 2.05) is 0 Å². The van der Waals surface area contributed by atoms with Crippen molar-refractivity contribution >= 4 is 23.7 Å². The second-order valence-corrected chi connectivity index (χ2v) is 5.13. The van der Waals surface area contributed by atoms with Gasteiger partial charge in [0.15, 0.2) is 10.8 Å². The maximum Gasteiger partial charge on any atom is 0.330 e. The monoisotopic (exact) mass is 222 g/mol. The molecule has 3 aliphatic heterocycles. The standard InChI is InChI=1S/C10H6O4S/c11-7-9-3-15-4-10(9,8(12)14-7)6-2-1-5(9)13-6/h1-2H,3-4H2/t9-,10+. The first-order valence-electron chi connectivity index (χ1n) is 4.67. The summed E-state index contributed by atoms with van der Waals surface area (Å²) < 4.78 is 10.3. The van der Waals surface area contributed by atoms with Gasteiger partial charge in [-0.1, -0.05) is 0 Å². The molecular weight excluding hydrogens is 216 g/mol. The Morgan fingerprint density at radius 2 is 1.60 bits per heavy atom. The predicted octanol–water partition coefficient (Wildman–Crippen LogP) is 0.599. The fourth-order valence-corrected chi connectivity index (χ4v) is 4.62. The predicted molar refractivity (Wildman–Crippen MR) is 50.5 cm³/mol. The summed E-state index contributed by atoms with van der Waals surface area (Å²) in [5, 5.41) is 0. The van der Waals surface area contributed by atoms with Crippen molar-refractivity contribution in [3.8, 4) is 0 Å². The molecule has 0 radical (unpaired) electrons. The van der Waals surface area contributed by atoms with Crippen LogP contribution in [-0.2, 0) is 25.2 Å². The van der Waals surface area contributed by atoms with Crippen molar-refractivity contribution in [2.24, 2.45) is 0 Å². The largest absolute Gasteiger partial charge is 0.463 e. The van der Waals surface area contributed by atoms with E-state index in [9.17, 15) is 9.59 Å². The molecular formula is C10H6O4S. The lowest BCUT2D eigenvalue weighted by molar-refractivity contribution is -0.154. The average molecular weight is 222 g/mol. The van der Waals surface area contributed by atoms with E-state index in [4.69, 9.17) is 9.15 Å². The van der Waals surface area contributed by atoms with Gasteiger partial charge in [-0.3, -0.25) is 9.59 Å². The summed E-state index contributed by atoms with van der Waals surface area (Å²) in [5.41, 5.74) is -1.67. The number of carbonyl (C=O) groups is 2. The third-order valence-electron chi connectivity index (χ3n) is 3.70. The summed E-state index contributed by atoms with van der Waals surface area (Å²) in [4.78, 5) is 23.7. The van der Waals surface area contributed by atoms with E-state index in [-0.39, 0.29) is 0 Å². The van der Waals surface area contributed by atoms with Crippen molar-refractivity contribution in [2.75, 3.05) is 11.5 Å². The summed E-state index contributed by atoms with van der Waals surface area (Å²) in [6.45, 7) is 0. The van der Waals surface area contributed by atoms with Crippen LogP contribution >= 0.6 is 11.8 Å². The molecule has 1 aromatic rings. The molecule has 0 saturated carbocycles. The highest BCUT2D eigenvalue weighted by Gasteiger charge is 2.78. The fourth-order valence-electron chi connectivity index (χ4n) is 2.89. The summed E-state index contributed by atoms with van der Waals surface area (Å²) in [5.74, 6) is 1.48. The van der Waals surface area contributed by atoms with Gasteiger partial charge in [-0.25, -0.2) is 0 Å². The zero-order valence-electron chi connectivity index (χ0n) is 7.61. The zero-order valence-corrected chi connectivity index (χ0v) is 8.43. The summed E-state index contributed by atoms with van der Waals surface area (Å²) in [7, 11) is 0. The molecule has 2 bridgehead atoms. The van der Waals surface area contributed by atoms with E-state index in [0.29, 0.717) is 23.0 Å². The van der Waals surface area contributed by atoms with Gasteiger partial charge in [-0.2, -0.15) is 11.8 Å². The molecule has 5 heteroatoms. The minimum absolute atomic E-state index is 0.438. The molecule has 0 amide bonds. The Balaban J connectivity index is 2.15. The van der Waals surface area contributed by atoms with Gasteiger partial charge in [0.25, 0.3) is 0 Å². The lowest BCUT2D eigenvalue weighted by Gasteiger charge is -2.24. The van der Waals surface area contributed by atoms with Crippen LogP contribution in [0.15, 0.2) is 16.5 Å². The number of rotatable bonds is 0. The van der Waals surface area contributed by atoms with Gasteiger partial charge in [0.05, 0.1) is 0 Å². The van der Waals surface area contributed by atoms with Crippen LogP contribution in [0.5, 0.6) is 0 Å². The van der Waals surface area contributed by atoms with E-state index in [2.05, 4.69) is 0 Å². The number of esters is 2. The van der Waals surface area contributed by atoms with Crippen LogP contribution in [0.2, 0.25) is 0 Å². The third kappa shape index (κ3) is 0.532. The highest BCUT2D eigenvalue weighted by Crippen LogP contribution is 2.63. The highest BCUT2D eigenvalue weighted by molar-refractivity contribution is 7.99. The molecule has 3 aliphatic rings. The van der Waals surface area contributed by atoms with Gasteiger partial charge < -0.3 is 9.15 Å². The second kappa shape index (κ2) is 2.00. The van der Waals surface area contributed by atoms with Crippen molar-refractivity contribution in [2.45, 2.75) is 10.8 Å². The van der Waals surface area contributed by atoms with Crippen LogP contribution in [0.3, 0.4) is 0 Å². The van der Waals surface area contributed by atoms with E-state index >= 15 is 0 Å². The molecule has 0 aromatic carbocycles. The molecule has 1 aromatic heterocycles. The summed E-state index contributed by atoms with van der Waals surface area (Å²) in [6, 6.07) is 3.55. The molecule has 4 nitrogen and oxygen atoms in total. The zero-order chi connectivity index (χ0) is 10.3. The normalized spacial score (nSPS) is 40.5. The number of hydrogen-bond donors (Lipinski definition) is 0. The fraction of sp³-hybridized carbons (Fsp3) is 0.400. The van der Waals surface area contributed by atoms with Gasteiger partial charge >= 0.3 is 11.9 Å². The summed E-state index contributed by atoms with van der Waals surface area (Å²) in [6.07, 6.45) is 0. The van der Waals surface area contributed by atoms with Gasteiger partial charge in [-0.15, -0.1) is 0 Å². The molecule has 15 heavy (non-hydrogen) atoms. The first kappa shape index (κ1) is 7.98. The Bertz CT molecular complexity index is 477. The van der Waals surface area contributed by atoms with Crippen LogP contribution in [-0.4, -0.2) is 23.4 Å². The molecule has 76 valence electrons. The maximum absolute atomic E-state index is 11.8. The molecule has 2 atom stereocenters. The number of furan rings is 1. The Morgan fingerprint density at radius 1 is 1.07 bits per heavy atom. The van der Waals surface area contributed by atoms with Crippen LogP contribution in [0.1, 0.15) is 11.5 Å². The highest BCUT2D eigenvalue weighted by atomic mass is 32.2. The Kier molecular flexibility index (Phi) is 1.06. The molecule has 0 N–H and O–H groups in total. The van der Waals surface area contributed by atoms with Crippen LogP contribution < -0.4 is 0 Å². The SMILES string of the molecule is O=C1OC(=O)[C@@]23CSC[C@@]12c1ccc3o1. The van der Waals surface area contributed by atoms with E-state index in [0.717, 1.165) is 0 Å². The van der Waals surface area contributed by atoms with Crippen LogP contribution in [0.4, 0.5) is 0 Å². The minimum atomic E-state index is -0.834. The number of carbonyl (C=O) groups excluding carboxylic acids is 2. The number of cyclic esters (lactones) is 2. The lowest BCUT2D eigenvalue weighted by Crippen LogP contribution is -2.48. The van der Waals surface area contributed by atoms with E-state index in [1.54, 1.807) is 23.9 Å². The second-order valence-electron chi connectivity index (χ2n) is 4.14. The third-order valence-corrected chi connectivity index (χ3v) is 4.97. The molecule has 4 rings (SSSR count). The molecule has 4 heterocycles. The average Bonchev–Trinajstić information content (AvgIpc) is 2.89. The van der Waals surface area contributed by atoms with Gasteiger partial charge in [0.2, 0.25) is 0 Å². The van der Waals surface area contributed by atoms with Gasteiger partial charge in [0.1, 0.15) is 11.5 Å². The van der Waals surface area contributed by atoms with Gasteiger partial charge in [0, 0.05) is 11.5 Å². The molecule has 2 fully saturated rings. The van der Waals surface area contributed by atoms with Crippen LogP contribution in [0, 0.1) is 0 Å².